The van der Waals surface area contributed by atoms with Crippen LogP contribution >= 0.6 is 11.6 Å². The second kappa shape index (κ2) is 6.12. The fourth-order valence-corrected chi connectivity index (χ4v) is 1.75. The molecule has 1 aromatic carbocycles. The van der Waals surface area contributed by atoms with E-state index in [-0.39, 0.29) is 0 Å². The van der Waals surface area contributed by atoms with E-state index in [2.05, 4.69) is 6.92 Å². The van der Waals surface area contributed by atoms with Crippen LogP contribution in [0, 0.1) is 6.92 Å². The second-order valence-corrected chi connectivity index (χ2v) is 4.63. The molecule has 0 saturated carbocycles. The molecular formula is C13H19ClO2. The van der Waals surface area contributed by atoms with E-state index in [0.29, 0.717) is 6.61 Å². The molecule has 0 fully saturated rings. The summed E-state index contributed by atoms with van der Waals surface area (Å²) in [6.45, 7) is 4.47. The summed E-state index contributed by atoms with van der Waals surface area (Å²) in [5.41, 5.74) is 1.17. The highest BCUT2D eigenvalue weighted by molar-refractivity contribution is 6.23. The van der Waals surface area contributed by atoms with E-state index in [0.717, 1.165) is 18.6 Å². The van der Waals surface area contributed by atoms with Crippen LogP contribution < -0.4 is 4.74 Å². The molecule has 1 unspecified atom stereocenters. The Balaban J connectivity index is 2.55. The third-order valence-corrected chi connectivity index (χ3v) is 2.89. The lowest BCUT2D eigenvalue weighted by Gasteiger charge is -2.25. The van der Waals surface area contributed by atoms with Crippen molar-refractivity contribution in [2.45, 2.75) is 31.7 Å². The minimum atomic E-state index is -0.710. The Hall–Kier alpha value is -0.730. The molecule has 0 saturated heterocycles. The fourth-order valence-electron chi connectivity index (χ4n) is 1.50. The monoisotopic (exact) mass is 242 g/mol. The smallest absolute Gasteiger partial charge is 0.175 e. The van der Waals surface area contributed by atoms with Crippen LogP contribution in [-0.4, -0.2) is 18.8 Å². The molecule has 0 aliphatic heterocycles. The first-order valence-corrected chi connectivity index (χ1v) is 5.91. The van der Waals surface area contributed by atoms with Crippen molar-refractivity contribution >= 4 is 11.6 Å². The summed E-state index contributed by atoms with van der Waals surface area (Å²) in [7, 11) is 1.61. The van der Waals surface area contributed by atoms with Gasteiger partial charge in [-0.05, 0) is 31.0 Å². The number of halogens is 1. The van der Waals surface area contributed by atoms with Gasteiger partial charge in [0.05, 0.1) is 0 Å². The first-order valence-electron chi connectivity index (χ1n) is 5.53. The predicted molar refractivity (Wildman–Crippen MR) is 67.2 cm³/mol. The quantitative estimate of drug-likeness (QED) is 0.708. The molecule has 0 spiro atoms. The Kier molecular flexibility index (Phi) is 5.10. The number of rotatable bonds is 6. The topological polar surface area (TPSA) is 18.5 Å². The van der Waals surface area contributed by atoms with Gasteiger partial charge in [0, 0.05) is 7.11 Å². The summed E-state index contributed by atoms with van der Waals surface area (Å²) in [6.07, 6.45) is 1.74. The molecule has 2 nitrogen and oxygen atoms in total. The summed E-state index contributed by atoms with van der Waals surface area (Å²) < 4.78 is 10.9. The molecule has 1 atom stereocenters. The number of ether oxygens (including phenoxy) is 2. The molecule has 0 amide bonds. The van der Waals surface area contributed by atoms with Crippen molar-refractivity contribution in [2.24, 2.45) is 0 Å². The van der Waals surface area contributed by atoms with Crippen LogP contribution in [0.5, 0.6) is 5.75 Å². The van der Waals surface area contributed by atoms with E-state index < -0.39 is 5.06 Å². The van der Waals surface area contributed by atoms with Gasteiger partial charge in [0.15, 0.2) is 5.06 Å². The minimum Gasteiger partial charge on any atom is -0.489 e. The van der Waals surface area contributed by atoms with Gasteiger partial charge in [-0.25, -0.2) is 0 Å². The summed E-state index contributed by atoms with van der Waals surface area (Å²) in [5, 5.41) is -0.710. The zero-order valence-electron chi connectivity index (χ0n) is 10.1. The van der Waals surface area contributed by atoms with Crippen molar-refractivity contribution < 1.29 is 9.47 Å². The number of hydrogen-bond donors (Lipinski definition) is 0. The highest BCUT2D eigenvalue weighted by atomic mass is 35.5. The lowest BCUT2D eigenvalue weighted by atomic mass is 10.2. The number of aryl methyl sites for hydroxylation is 1. The van der Waals surface area contributed by atoms with Gasteiger partial charge < -0.3 is 9.47 Å². The van der Waals surface area contributed by atoms with Gasteiger partial charge in [-0.15, -0.1) is 0 Å². The Morgan fingerprint density at radius 2 is 2.12 bits per heavy atom. The zero-order valence-corrected chi connectivity index (χ0v) is 10.9. The van der Waals surface area contributed by atoms with Crippen molar-refractivity contribution in [1.82, 2.24) is 0 Å². The molecule has 90 valence electrons. The summed E-state index contributed by atoms with van der Waals surface area (Å²) in [5.74, 6) is 0.832. The highest BCUT2D eigenvalue weighted by Gasteiger charge is 2.26. The van der Waals surface area contributed by atoms with Crippen LogP contribution in [0.15, 0.2) is 24.3 Å². The number of methoxy groups -OCH3 is 1. The van der Waals surface area contributed by atoms with Gasteiger partial charge >= 0.3 is 0 Å². The number of benzene rings is 1. The molecule has 0 aromatic heterocycles. The normalized spacial score (nSPS) is 14.5. The molecule has 0 aliphatic rings. The maximum absolute atomic E-state index is 6.27. The zero-order chi connectivity index (χ0) is 12.0. The lowest BCUT2D eigenvalue weighted by molar-refractivity contribution is 0.0159. The molecule has 0 heterocycles. The molecular weight excluding hydrogens is 224 g/mol. The van der Waals surface area contributed by atoms with Crippen LogP contribution in [0.1, 0.15) is 25.3 Å². The van der Waals surface area contributed by atoms with E-state index in [4.69, 9.17) is 21.1 Å². The van der Waals surface area contributed by atoms with Gasteiger partial charge in [0.25, 0.3) is 0 Å². The molecule has 1 rings (SSSR count). The largest absolute Gasteiger partial charge is 0.489 e. The van der Waals surface area contributed by atoms with Crippen molar-refractivity contribution in [3.05, 3.63) is 29.8 Å². The van der Waals surface area contributed by atoms with Gasteiger partial charge in [-0.3, -0.25) is 0 Å². The maximum atomic E-state index is 6.27. The molecule has 0 bridgehead atoms. The van der Waals surface area contributed by atoms with Crippen LogP contribution in [0.2, 0.25) is 0 Å². The third kappa shape index (κ3) is 4.03. The van der Waals surface area contributed by atoms with Crippen LogP contribution in [0.3, 0.4) is 0 Å². The number of hydrogen-bond acceptors (Lipinski definition) is 2. The minimum absolute atomic E-state index is 0.363. The van der Waals surface area contributed by atoms with E-state index in [9.17, 15) is 0 Å². The van der Waals surface area contributed by atoms with E-state index in [1.54, 1.807) is 7.11 Å². The second-order valence-electron chi connectivity index (χ2n) is 3.94. The fraction of sp³-hybridized carbons (Fsp3) is 0.538. The van der Waals surface area contributed by atoms with Crippen LogP contribution in [0.4, 0.5) is 0 Å². The summed E-state index contributed by atoms with van der Waals surface area (Å²) in [4.78, 5) is 0. The van der Waals surface area contributed by atoms with Crippen molar-refractivity contribution in [1.29, 1.82) is 0 Å². The first-order chi connectivity index (χ1) is 7.59. The number of alkyl halides is 1. The Morgan fingerprint density at radius 1 is 1.38 bits per heavy atom. The van der Waals surface area contributed by atoms with Gasteiger partial charge in [-0.2, -0.15) is 0 Å². The Morgan fingerprint density at radius 3 is 2.69 bits per heavy atom. The van der Waals surface area contributed by atoms with Gasteiger partial charge in [-0.1, -0.05) is 37.1 Å². The van der Waals surface area contributed by atoms with E-state index >= 15 is 0 Å². The van der Waals surface area contributed by atoms with Gasteiger partial charge in [0.1, 0.15) is 12.4 Å². The first kappa shape index (κ1) is 13.3. The van der Waals surface area contributed by atoms with E-state index in [1.807, 2.05) is 31.2 Å². The maximum Gasteiger partial charge on any atom is 0.175 e. The highest BCUT2D eigenvalue weighted by Crippen LogP contribution is 2.24. The SMILES string of the molecule is CCCC(Cl)(COc1cccc(C)c1)OC. The van der Waals surface area contributed by atoms with Crippen molar-refractivity contribution in [2.75, 3.05) is 13.7 Å². The molecule has 16 heavy (non-hydrogen) atoms. The average molecular weight is 243 g/mol. The van der Waals surface area contributed by atoms with Crippen molar-refractivity contribution in [3.8, 4) is 5.75 Å². The molecule has 0 radical (unpaired) electrons. The Bertz CT molecular complexity index is 327. The molecule has 0 aliphatic carbocycles. The van der Waals surface area contributed by atoms with Crippen LogP contribution in [0.25, 0.3) is 0 Å². The average Bonchev–Trinajstić information content (AvgIpc) is 2.27. The van der Waals surface area contributed by atoms with Gasteiger partial charge in [0.2, 0.25) is 0 Å². The third-order valence-electron chi connectivity index (χ3n) is 2.43. The molecule has 0 N–H and O–H groups in total. The molecule has 3 heteroatoms. The Labute approximate surface area is 103 Å². The standard InChI is InChI=1S/C13H19ClO2/c1-4-8-13(14,15-3)10-16-12-7-5-6-11(2)9-12/h5-7,9H,4,8,10H2,1-3H3. The summed E-state index contributed by atoms with van der Waals surface area (Å²) in [6, 6.07) is 7.90. The van der Waals surface area contributed by atoms with Crippen molar-refractivity contribution in [3.63, 3.8) is 0 Å². The summed E-state index contributed by atoms with van der Waals surface area (Å²) >= 11 is 6.27. The van der Waals surface area contributed by atoms with Crippen LogP contribution in [-0.2, 0) is 4.74 Å². The lowest BCUT2D eigenvalue weighted by Crippen LogP contribution is -2.31. The predicted octanol–water partition coefficient (Wildman–Crippen LogP) is 3.76. The van der Waals surface area contributed by atoms with E-state index in [1.165, 1.54) is 5.56 Å². The molecule has 1 aromatic rings.